The third kappa shape index (κ3) is 4.45. The lowest BCUT2D eigenvalue weighted by Gasteiger charge is -2.18. The summed E-state index contributed by atoms with van der Waals surface area (Å²) >= 11 is 0. The predicted molar refractivity (Wildman–Crippen MR) is 134 cm³/mol. The first-order valence-corrected chi connectivity index (χ1v) is 10.9. The molecule has 3 aromatic carbocycles. The summed E-state index contributed by atoms with van der Waals surface area (Å²) < 4.78 is 40.6. The van der Waals surface area contributed by atoms with Crippen molar-refractivity contribution in [1.82, 2.24) is 4.98 Å². The van der Waals surface area contributed by atoms with Crippen molar-refractivity contribution < 1.29 is 9.90 Å². The van der Waals surface area contributed by atoms with Gasteiger partial charge in [-0.3, -0.25) is 4.98 Å². The molecule has 32 heavy (non-hydrogen) atoms. The molecule has 0 aliphatic rings. The molecule has 0 amide bonds. The molecule has 0 saturated carbocycles. The van der Waals surface area contributed by atoms with Crippen LogP contribution in [0.4, 0.5) is 0 Å². The molecule has 0 radical (unpaired) electrons. The van der Waals surface area contributed by atoms with Crippen molar-refractivity contribution in [3.63, 3.8) is 0 Å². The maximum atomic E-state index is 8.64. The van der Waals surface area contributed by atoms with Gasteiger partial charge in [-0.1, -0.05) is 57.2 Å². The first-order valence-electron chi connectivity index (χ1n) is 12.9. The molecule has 2 heteroatoms. The van der Waals surface area contributed by atoms with Crippen LogP contribution in [-0.2, 0) is 19.2 Å². The Morgan fingerprint density at radius 2 is 1.53 bits per heavy atom. The second-order valence-corrected chi connectivity index (χ2v) is 9.17. The van der Waals surface area contributed by atoms with Gasteiger partial charge in [0.1, 0.15) is 11.2 Å². The highest BCUT2D eigenvalue weighted by molar-refractivity contribution is 6.06. The summed E-state index contributed by atoms with van der Waals surface area (Å²) in [6.07, 6.45) is -1.08. The third-order valence-electron chi connectivity index (χ3n) is 5.38. The van der Waals surface area contributed by atoms with Gasteiger partial charge in [-0.05, 0) is 83.7 Å². The molecule has 0 spiro atoms. The molecule has 0 aliphatic heterocycles. The summed E-state index contributed by atoms with van der Waals surface area (Å²) in [7, 11) is 0. The van der Waals surface area contributed by atoms with Crippen LogP contribution in [0.25, 0.3) is 33.2 Å². The maximum Gasteiger partial charge on any atom is 0.135 e. The van der Waals surface area contributed by atoms with Crippen LogP contribution in [0.15, 0.2) is 89.5 Å². The van der Waals surface area contributed by atoms with Crippen molar-refractivity contribution in [2.45, 2.75) is 39.9 Å². The number of hydrogen-bond donors (Lipinski definition) is 0. The monoisotopic (exact) mass is 423 g/mol. The minimum atomic E-state index is -1.51. The normalized spacial score (nSPS) is 14.7. The van der Waals surface area contributed by atoms with Crippen molar-refractivity contribution in [2.75, 3.05) is 0 Å². The molecule has 2 heterocycles. The Hall–Kier alpha value is -3.39. The van der Waals surface area contributed by atoms with Crippen LogP contribution < -0.4 is 0 Å². The van der Waals surface area contributed by atoms with Crippen LogP contribution in [-0.4, -0.2) is 4.98 Å². The van der Waals surface area contributed by atoms with Crippen molar-refractivity contribution in [1.29, 1.82) is 0 Å². The molecule has 2 aromatic heterocycles. The Balaban J connectivity index is 1.55. The van der Waals surface area contributed by atoms with E-state index in [-0.39, 0.29) is 6.42 Å². The second-order valence-electron chi connectivity index (χ2n) is 9.17. The van der Waals surface area contributed by atoms with E-state index in [1.54, 1.807) is 12.3 Å². The summed E-state index contributed by atoms with van der Waals surface area (Å²) in [5.74, 6) is 0. The number of benzene rings is 3. The van der Waals surface area contributed by atoms with Crippen molar-refractivity contribution >= 4 is 21.9 Å². The van der Waals surface area contributed by atoms with Gasteiger partial charge >= 0.3 is 0 Å². The molecule has 5 aromatic rings. The van der Waals surface area contributed by atoms with Gasteiger partial charge in [-0.25, -0.2) is 0 Å². The fraction of sp³-hybridized carbons (Fsp3) is 0.233. The Labute approximate surface area is 195 Å². The number of pyridine rings is 1. The van der Waals surface area contributed by atoms with E-state index in [1.807, 2.05) is 93.6 Å². The third-order valence-corrected chi connectivity index (χ3v) is 5.38. The molecule has 0 aliphatic carbocycles. The van der Waals surface area contributed by atoms with Crippen LogP contribution in [0.2, 0.25) is 0 Å². The number of nitrogens with zero attached hydrogens (tertiary/aromatic N) is 1. The van der Waals surface area contributed by atoms with Gasteiger partial charge in [0.15, 0.2) is 0 Å². The highest BCUT2D eigenvalue weighted by Gasteiger charge is 2.13. The summed E-state index contributed by atoms with van der Waals surface area (Å²) in [4.78, 5) is 4.53. The minimum Gasteiger partial charge on any atom is -0.456 e. The molecule has 0 atom stereocenters. The van der Waals surface area contributed by atoms with E-state index in [0.29, 0.717) is 16.8 Å². The zero-order valence-electron chi connectivity index (χ0n) is 22.6. The van der Waals surface area contributed by atoms with Crippen molar-refractivity contribution in [3.05, 3.63) is 102 Å². The van der Waals surface area contributed by atoms with E-state index in [4.69, 9.17) is 9.90 Å². The van der Waals surface area contributed by atoms with Gasteiger partial charge in [0.25, 0.3) is 0 Å². The van der Waals surface area contributed by atoms with Crippen molar-refractivity contribution in [3.8, 4) is 11.3 Å². The first kappa shape index (κ1) is 16.3. The standard InChI is InChI=1S/C30H29NO/c1-30(2,3)20-23-15-16-31-27(18-23)24-12-14-29-26(19-24)25-17-22(11-13-28(25)32-29)10-9-21-7-5-4-6-8-21/h4-8,11-19H,9-10,20H2,1-3H3/i9D2,20D2. The molecular weight excluding hydrogens is 390 g/mol. The van der Waals surface area contributed by atoms with Crippen LogP contribution >= 0.6 is 0 Å². The predicted octanol–water partition coefficient (Wildman–Crippen LogP) is 8.02. The number of aryl methyl sites for hydroxylation is 2. The van der Waals surface area contributed by atoms with E-state index >= 15 is 0 Å². The molecule has 0 N–H and O–H groups in total. The SMILES string of the molecule is [2H]C([2H])(Cc1ccc2oc3ccc(-c4cc(C([2H])([2H])C(C)(C)C)ccn4)cc3c2c1)c1ccccc1. The summed E-state index contributed by atoms with van der Waals surface area (Å²) in [5.41, 5.74) is 4.67. The molecular formula is C30H29NO. The minimum absolute atomic E-state index is 0.255. The highest BCUT2D eigenvalue weighted by Crippen LogP contribution is 2.33. The average molecular weight is 424 g/mol. The van der Waals surface area contributed by atoms with Gasteiger partial charge in [0.2, 0.25) is 0 Å². The Morgan fingerprint density at radius 1 is 0.781 bits per heavy atom. The van der Waals surface area contributed by atoms with Crippen LogP contribution in [0.1, 0.15) is 42.9 Å². The fourth-order valence-electron chi connectivity index (χ4n) is 3.95. The van der Waals surface area contributed by atoms with Crippen LogP contribution in [0.5, 0.6) is 0 Å². The number of rotatable bonds is 5. The van der Waals surface area contributed by atoms with E-state index in [9.17, 15) is 0 Å². The molecule has 0 unspecified atom stereocenters. The number of furan rings is 1. The van der Waals surface area contributed by atoms with Gasteiger partial charge in [0.05, 0.1) is 5.69 Å². The van der Waals surface area contributed by atoms with Gasteiger partial charge in [0, 0.05) is 28.0 Å². The molecule has 160 valence electrons. The fourth-order valence-corrected chi connectivity index (χ4v) is 3.95. The highest BCUT2D eigenvalue weighted by atomic mass is 16.3. The lowest BCUT2D eigenvalue weighted by molar-refractivity contribution is 0.411. The number of hydrogen-bond acceptors (Lipinski definition) is 2. The summed E-state index contributed by atoms with van der Waals surface area (Å²) in [6, 6.07) is 24.5. The topological polar surface area (TPSA) is 26.0 Å². The second kappa shape index (κ2) is 8.27. The maximum absolute atomic E-state index is 8.64. The molecule has 0 fully saturated rings. The molecule has 5 rings (SSSR count). The van der Waals surface area contributed by atoms with E-state index in [0.717, 1.165) is 33.1 Å². The van der Waals surface area contributed by atoms with E-state index in [2.05, 4.69) is 4.98 Å². The van der Waals surface area contributed by atoms with Crippen LogP contribution in [0.3, 0.4) is 0 Å². The Morgan fingerprint density at radius 3 is 2.31 bits per heavy atom. The van der Waals surface area contributed by atoms with Crippen LogP contribution in [0, 0.1) is 5.41 Å². The number of aromatic nitrogens is 1. The van der Waals surface area contributed by atoms with Gasteiger partial charge in [-0.2, -0.15) is 0 Å². The lowest BCUT2D eigenvalue weighted by Crippen LogP contribution is -2.09. The summed E-state index contributed by atoms with van der Waals surface area (Å²) in [6.45, 7) is 5.69. The quantitative estimate of drug-likeness (QED) is 0.286. The number of fused-ring (bicyclic) bond motifs is 3. The Kier molecular flexibility index (Phi) is 4.21. The van der Waals surface area contributed by atoms with Crippen molar-refractivity contribution in [2.24, 2.45) is 5.41 Å². The first-order chi connectivity index (χ1) is 17.0. The summed E-state index contributed by atoms with van der Waals surface area (Å²) in [5, 5.41) is 1.85. The smallest absolute Gasteiger partial charge is 0.135 e. The molecule has 0 saturated heterocycles. The molecule has 2 nitrogen and oxygen atoms in total. The molecule has 0 bridgehead atoms. The van der Waals surface area contributed by atoms with E-state index < -0.39 is 18.2 Å². The zero-order chi connectivity index (χ0) is 25.7. The largest absolute Gasteiger partial charge is 0.456 e. The van der Waals surface area contributed by atoms with Gasteiger partial charge in [-0.15, -0.1) is 0 Å². The Bertz CT molecular complexity index is 1550. The average Bonchev–Trinajstić information content (AvgIpc) is 3.21. The zero-order valence-corrected chi connectivity index (χ0v) is 18.6. The lowest BCUT2D eigenvalue weighted by atomic mass is 9.88. The van der Waals surface area contributed by atoms with E-state index in [1.165, 1.54) is 0 Å². The van der Waals surface area contributed by atoms with Gasteiger partial charge < -0.3 is 4.42 Å².